The van der Waals surface area contributed by atoms with Crippen LogP contribution in [0, 0.1) is 23.6 Å². The van der Waals surface area contributed by atoms with Gasteiger partial charge in [0.25, 0.3) is 15.6 Å². The van der Waals surface area contributed by atoms with Crippen LogP contribution in [0.25, 0.3) is 11.0 Å². The molecule has 1 N–H and O–H groups in total. The van der Waals surface area contributed by atoms with Gasteiger partial charge in [-0.3, -0.25) is 4.79 Å². The first-order chi connectivity index (χ1) is 17.4. The lowest BCUT2D eigenvalue weighted by Gasteiger charge is -2.24. The zero-order chi connectivity index (χ0) is 25.3. The SMILES string of the molecule is COc1cc(C#CC2CCCC2)c(F)cc1N(c1ccon1)S(=O)(=O)c1ccc2[nH]c(=O)cnc2c1. The highest BCUT2D eigenvalue weighted by atomic mass is 32.2. The molecule has 2 heterocycles. The highest BCUT2D eigenvalue weighted by Gasteiger charge is 2.32. The van der Waals surface area contributed by atoms with Gasteiger partial charge in [0, 0.05) is 24.1 Å². The molecule has 0 atom stereocenters. The molecule has 2 aromatic carbocycles. The second-order valence-corrected chi connectivity index (χ2v) is 10.1. The van der Waals surface area contributed by atoms with Crippen molar-refractivity contribution in [3.63, 3.8) is 0 Å². The summed E-state index contributed by atoms with van der Waals surface area (Å²) < 4.78 is 54.1. The first-order valence-electron chi connectivity index (χ1n) is 11.2. The molecule has 0 radical (unpaired) electrons. The molecule has 4 aromatic rings. The van der Waals surface area contributed by atoms with Crippen molar-refractivity contribution < 1.29 is 22.1 Å². The van der Waals surface area contributed by atoms with Crippen LogP contribution in [0.1, 0.15) is 31.2 Å². The van der Waals surface area contributed by atoms with Gasteiger partial charge in [-0.1, -0.05) is 29.8 Å². The summed E-state index contributed by atoms with van der Waals surface area (Å²) in [6, 6.07) is 7.81. The van der Waals surface area contributed by atoms with Gasteiger partial charge in [-0.05, 0) is 31.0 Å². The van der Waals surface area contributed by atoms with Gasteiger partial charge in [-0.2, -0.15) is 0 Å². The number of sulfonamides is 1. The third kappa shape index (κ3) is 4.43. The summed E-state index contributed by atoms with van der Waals surface area (Å²) in [5.41, 5.74) is 0.206. The van der Waals surface area contributed by atoms with E-state index >= 15 is 4.39 Å². The molecule has 1 aliphatic rings. The molecule has 9 nitrogen and oxygen atoms in total. The van der Waals surface area contributed by atoms with E-state index in [1.165, 1.54) is 43.7 Å². The number of nitrogens with zero attached hydrogens (tertiary/aromatic N) is 3. The second-order valence-electron chi connectivity index (χ2n) is 8.31. The van der Waals surface area contributed by atoms with Crippen molar-refractivity contribution in [3.05, 3.63) is 70.6 Å². The minimum absolute atomic E-state index is 0.0851. The predicted molar refractivity (Wildman–Crippen MR) is 130 cm³/mol. The van der Waals surface area contributed by atoms with Crippen molar-refractivity contribution in [1.29, 1.82) is 0 Å². The minimum Gasteiger partial charge on any atom is -0.494 e. The number of benzene rings is 2. The molecule has 0 unspecified atom stereocenters. The van der Waals surface area contributed by atoms with Crippen LogP contribution in [-0.2, 0) is 10.0 Å². The Morgan fingerprint density at radius 1 is 1.19 bits per heavy atom. The molecule has 184 valence electrons. The fourth-order valence-corrected chi connectivity index (χ4v) is 5.63. The van der Waals surface area contributed by atoms with E-state index in [1.54, 1.807) is 0 Å². The summed E-state index contributed by atoms with van der Waals surface area (Å²) in [5, 5.41) is 3.78. The predicted octanol–water partition coefficient (Wildman–Crippen LogP) is 4.13. The van der Waals surface area contributed by atoms with E-state index in [1.807, 2.05) is 0 Å². The summed E-state index contributed by atoms with van der Waals surface area (Å²) in [6.45, 7) is 0. The Hall–Kier alpha value is -4.17. The summed E-state index contributed by atoms with van der Waals surface area (Å²) in [4.78, 5) is 18.0. The molecule has 0 spiro atoms. The number of rotatable bonds is 5. The van der Waals surface area contributed by atoms with Crippen molar-refractivity contribution in [2.24, 2.45) is 5.92 Å². The molecule has 1 saturated carbocycles. The summed E-state index contributed by atoms with van der Waals surface area (Å²) in [7, 11) is -3.01. The Morgan fingerprint density at radius 2 is 2.00 bits per heavy atom. The van der Waals surface area contributed by atoms with Crippen LogP contribution in [0.3, 0.4) is 0 Å². The quantitative estimate of drug-likeness (QED) is 0.403. The van der Waals surface area contributed by atoms with E-state index < -0.39 is 21.4 Å². The Morgan fingerprint density at radius 3 is 2.72 bits per heavy atom. The van der Waals surface area contributed by atoms with Gasteiger partial charge in [-0.15, -0.1) is 0 Å². The van der Waals surface area contributed by atoms with E-state index in [4.69, 9.17) is 9.26 Å². The highest BCUT2D eigenvalue weighted by molar-refractivity contribution is 7.93. The maximum atomic E-state index is 15.2. The third-order valence-corrected chi connectivity index (χ3v) is 7.69. The van der Waals surface area contributed by atoms with Crippen LogP contribution in [-0.4, -0.2) is 30.7 Å². The average molecular weight is 509 g/mol. The summed E-state index contributed by atoms with van der Waals surface area (Å²) in [6.07, 6.45) is 6.43. The van der Waals surface area contributed by atoms with Crippen LogP contribution in [0.4, 0.5) is 15.9 Å². The minimum atomic E-state index is -4.37. The first kappa shape index (κ1) is 23.6. The summed E-state index contributed by atoms with van der Waals surface area (Å²) >= 11 is 0. The number of nitrogens with one attached hydrogen (secondary N) is 1. The largest absolute Gasteiger partial charge is 0.494 e. The molecule has 0 bridgehead atoms. The molecule has 5 rings (SSSR count). The summed E-state index contributed by atoms with van der Waals surface area (Å²) in [5.74, 6) is 5.49. The Labute approximate surface area is 206 Å². The molecule has 2 aromatic heterocycles. The molecule has 0 aliphatic heterocycles. The van der Waals surface area contributed by atoms with Gasteiger partial charge in [-0.25, -0.2) is 22.1 Å². The smallest absolute Gasteiger partial charge is 0.270 e. The molecule has 0 saturated heterocycles. The second kappa shape index (κ2) is 9.47. The molecule has 1 aliphatic carbocycles. The fourth-order valence-electron chi connectivity index (χ4n) is 4.18. The fraction of sp³-hybridized carbons (Fsp3) is 0.240. The van der Waals surface area contributed by atoms with Crippen molar-refractivity contribution in [1.82, 2.24) is 15.1 Å². The van der Waals surface area contributed by atoms with E-state index in [0.717, 1.165) is 42.3 Å². The topological polar surface area (TPSA) is 118 Å². The highest BCUT2D eigenvalue weighted by Crippen LogP contribution is 2.39. The van der Waals surface area contributed by atoms with Crippen LogP contribution >= 0.6 is 0 Å². The number of hydrogen-bond acceptors (Lipinski definition) is 7. The Bertz CT molecular complexity index is 1650. The van der Waals surface area contributed by atoms with Gasteiger partial charge in [0.15, 0.2) is 5.82 Å². The van der Waals surface area contributed by atoms with Gasteiger partial charge in [0.1, 0.15) is 23.5 Å². The third-order valence-electron chi connectivity index (χ3n) is 5.97. The van der Waals surface area contributed by atoms with E-state index in [2.05, 4.69) is 27.0 Å². The number of hydrogen-bond donors (Lipinski definition) is 1. The maximum absolute atomic E-state index is 15.2. The lowest BCUT2D eigenvalue weighted by molar-refractivity contribution is 0.413. The number of H-pyrrole nitrogens is 1. The van der Waals surface area contributed by atoms with Gasteiger partial charge < -0.3 is 14.2 Å². The molecule has 11 heteroatoms. The first-order valence-corrected chi connectivity index (χ1v) is 12.6. The molecule has 0 amide bonds. The van der Waals surface area contributed by atoms with E-state index in [9.17, 15) is 13.2 Å². The van der Waals surface area contributed by atoms with Crippen LogP contribution < -0.4 is 14.6 Å². The number of fused-ring (bicyclic) bond motifs is 1. The number of aromatic amines is 1. The Kier molecular flexibility index (Phi) is 6.20. The van der Waals surface area contributed by atoms with Gasteiger partial charge >= 0.3 is 0 Å². The van der Waals surface area contributed by atoms with Crippen molar-refractivity contribution >= 4 is 32.6 Å². The van der Waals surface area contributed by atoms with Crippen LogP contribution in [0.5, 0.6) is 5.75 Å². The lowest BCUT2D eigenvalue weighted by Crippen LogP contribution is -2.27. The van der Waals surface area contributed by atoms with Gasteiger partial charge in [0.05, 0.1) is 34.8 Å². The van der Waals surface area contributed by atoms with Crippen LogP contribution in [0.2, 0.25) is 0 Å². The maximum Gasteiger partial charge on any atom is 0.270 e. The van der Waals surface area contributed by atoms with Crippen molar-refractivity contribution in [2.45, 2.75) is 30.6 Å². The van der Waals surface area contributed by atoms with Gasteiger partial charge in [0.2, 0.25) is 0 Å². The van der Waals surface area contributed by atoms with E-state index in [0.29, 0.717) is 5.52 Å². The molecular formula is C25H21FN4O5S. The van der Waals surface area contributed by atoms with Crippen molar-refractivity contribution in [2.75, 3.05) is 11.4 Å². The monoisotopic (exact) mass is 508 g/mol. The average Bonchev–Trinajstić information content (AvgIpc) is 3.58. The van der Waals surface area contributed by atoms with Crippen LogP contribution in [0.15, 0.2) is 63.1 Å². The molecule has 36 heavy (non-hydrogen) atoms. The Balaban J connectivity index is 1.63. The lowest BCUT2D eigenvalue weighted by atomic mass is 10.1. The zero-order valence-corrected chi connectivity index (χ0v) is 20.0. The number of methoxy groups -OCH3 is 1. The number of anilines is 2. The number of ether oxygens (including phenoxy) is 1. The number of halogens is 1. The number of aromatic nitrogens is 3. The van der Waals surface area contributed by atoms with Crippen molar-refractivity contribution in [3.8, 4) is 17.6 Å². The normalized spacial score (nSPS) is 13.9. The standard InChI is InChI=1S/C25H21FN4O5S/c1-34-23-12-17(7-6-16-4-2-3-5-16)19(26)14-22(23)30(24-10-11-35-29-24)36(32,33)18-8-9-20-21(13-18)27-15-25(31)28-20/h8-16H,2-5H2,1H3,(H,28,31). The molecule has 1 fully saturated rings. The zero-order valence-electron chi connectivity index (χ0n) is 19.2. The van der Waals surface area contributed by atoms with E-state index in [-0.39, 0.29) is 39.1 Å². The molecular weight excluding hydrogens is 487 g/mol.